The number of hydrogen-bond acceptors (Lipinski definition) is 2. The van der Waals surface area contributed by atoms with Gasteiger partial charge in [-0.15, -0.1) is 0 Å². The molecule has 0 aromatic heterocycles. The molecule has 10 heavy (non-hydrogen) atoms. The van der Waals surface area contributed by atoms with E-state index in [-0.39, 0.29) is 11.5 Å². The second-order valence-electron chi connectivity index (χ2n) is 1.61. The van der Waals surface area contributed by atoms with Crippen LogP contribution in [0.4, 0.5) is 0 Å². The predicted octanol–water partition coefficient (Wildman–Crippen LogP) is 2.08. The number of aliphatic carboxylic acids is 1. The summed E-state index contributed by atoms with van der Waals surface area (Å²) in [6.45, 7) is 0. The van der Waals surface area contributed by atoms with Gasteiger partial charge in [-0.3, -0.25) is 4.79 Å². The Morgan fingerprint density at radius 1 is 1.80 bits per heavy atom. The lowest BCUT2D eigenvalue weighted by Gasteiger charge is -2.03. The van der Waals surface area contributed by atoms with Crippen LogP contribution in [-0.4, -0.2) is 16.3 Å². The van der Waals surface area contributed by atoms with Crippen molar-refractivity contribution < 1.29 is 9.90 Å². The molecule has 0 aliphatic rings. The van der Waals surface area contributed by atoms with Gasteiger partial charge < -0.3 is 5.11 Å². The predicted molar refractivity (Wildman–Crippen MR) is 44.8 cm³/mol. The molecule has 1 atom stereocenters. The van der Waals surface area contributed by atoms with Gasteiger partial charge in [0.25, 0.3) is 0 Å². The van der Waals surface area contributed by atoms with Crippen LogP contribution >= 0.6 is 35.8 Å². The fourth-order valence-electron chi connectivity index (χ4n) is 0.336. The zero-order chi connectivity index (χ0) is 8.15. The van der Waals surface area contributed by atoms with Crippen molar-refractivity contribution in [2.75, 3.05) is 0 Å². The maximum Gasteiger partial charge on any atom is 0.304 e. The van der Waals surface area contributed by atoms with Crippen molar-refractivity contribution >= 4 is 41.8 Å². The maximum atomic E-state index is 10.1. The molecule has 58 valence electrons. The number of halogens is 2. The van der Waals surface area contributed by atoms with E-state index in [2.05, 4.69) is 12.6 Å². The van der Waals surface area contributed by atoms with Gasteiger partial charge in [-0.1, -0.05) is 23.2 Å². The summed E-state index contributed by atoms with van der Waals surface area (Å²) in [7, 11) is 0. The lowest BCUT2D eigenvalue weighted by Crippen LogP contribution is -2.06. The van der Waals surface area contributed by atoms with Crippen molar-refractivity contribution in [2.24, 2.45) is 0 Å². The second kappa shape index (κ2) is 4.88. The van der Waals surface area contributed by atoms with E-state index in [0.717, 1.165) is 5.54 Å². The first-order valence-corrected chi connectivity index (χ1v) is 3.76. The van der Waals surface area contributed by atoms with E-state index in [1.54, 1.807) is 0 Å². The molecule has 0 amide bonds. The van der Waals surface area contributed by atoms with Gasteiger partial charge in [0.05, 0.1) is 6.42 Å². The van der Waals surface area contributed by atoms with Crippen LogP contribution in [0.1, 0.15) is 6.42 Å². The Labute approximate surface area is 74.2 Å². The highest BCUT2D eigenvalue weighted by atomic mass is 35.5. The van der Waals surface area contributed by atoms with Gasteiger partial charge in [-0.25, -0.2) is 0 Å². The SMILES string of the molecule is O=C(O)CC(S)C(Cl)=CCl. The molecule has 0 radical (unpaired) electrons. The number of carbonyl (C=O) groups is 1. The van der Waals surface area contributed by atoms with E-state index < -0.39 is 11.2 Å². The molecule has 1 unspecified atom stereocenters. The summed E-state index contributed by atoms with van der Waals surface area (Å²) in [5, 5.41) is 7.99. The Morgan fingerprint density at radius 2 is 2.30 bits per heavy atom. The molecular formula is C5H6Cl2O2S. The van der Waals surface area contributed by atoms with E-state index in [4.69, 9.17) is 28.3 Å². The Hall–Kier alpha value is 0.140. The summed E-state index contributed by atoms with van der Waals surface area (Å²) in [4.78, 5) is 10.1. The summed E-state index contributed by atoms with van der Waals surface area (Å²) in [5.41, 5.74) is 1.11. The third kappa shape index (κ3) is 4.04. The zero-order valence-corrected chi connectivity index (χ0v) is 7.33. The third-order valence-corrected chi connectivity index (χ3v) is 2.12. The van der Waals surface area contributed by atoms with Crippen molar-refractivity contribution in [1.29, 1.82) is 0 Å². The van der Waals surface area contributed by atoms with Crippen molar-refractivity contribution in [3.8, 4) is 0 Å². The van der Waals surface area contributed by atoms with Gasteiger partial charge in [0, 0.05) is 15.8 Å². The normalized spacial score (nSPS) is 14.9. The third-order valence-electron chi connectivity index (χ3n) is 0.791. The largest absolute Gasteiger partial charge is 0.481 e. The summed E-state index contributed by atoms with van der Waals surface area (Å²) in [5.74, 6) is -0.948. The van der Waals surface area contributed by atoms with Crippen LogP contribution in [0.15, 0.2) is 10.6 Å². The summed E-state index contributed by atoms with van der Waals surface area (Å²) in [6.07, 6.45) is -0.120. The van der Waals surface area contributed by atoms with Gasteiger partial charge in [0.15, 0.2) is 0 Å². The minimum Gasteiger partial charge on any atom is -0.481 e. The van der Waals surface area contributed by atoms with Crippen LogP contribution in [0.5, 0.6) is 0 Å². The van der Waals surface area contributed by atoms with E-state index >= 15 is 0 Å². The van der Waals surface area contributed by atoms with Crippen LogP contribution < -0.4 is 0 Å². The van der Waals surface area contributed by atoms with Gasteiger partial charge >= 0.3 is 5.97 Å². The molecule has 2 nitrogen and oxygen atoms in total. The highest BCUT2D eigenvalue weighted by molar-refractivity contribution is 7.81. The van der Waals surface area contributed by atoms with Crippen LogP contribution in [0.3, 0.4) is 0 Å². The first-order chi connectivity index (χ1) is 4.57. The van der Waals surface area contributed by atoms with Gasteiger partial charge in [0.2, 0.25) is 0 Å². The fraction of sp³-hybridized carbons (Fsp3) is 0.400. The standard InChI is InChI=1S/C5H6Cl2O2S/c6-2-3(7)4(10)1-5(8)9/h2,4,10H,1H2,(H,8,9). The van der Waals surface area contributed by atoms with Crippen molar-refractivity contribution in [2.45, 2.75) is 11.7 Å². The minimum absolute atomic E-state index is 0.120. The molecule has 0 saturated carbocycles. The number of thiol groups is 1. The first kappa shape index (κ1) is 10.1. The molecular weight excluding hydrogens is 195 g/mol. The van der Waals surface area contributed by atoms with Crippen LogP contribution in [0.2, 0.25) is 0 Å². The van der Waals surface area contributed by atoms with E-state index in [0.29, 0.717) is 0 Å². The van der Waals surface area contributed by atoms with Gasteiger partial charge in [-0.2, -0.15) is 12.6 Å². The molecule has 0 aromatic carbocycles. The Kier molecular flexibility index (Phi) is 4.95. The van der Waals surface area contributed by atoms with Crippen molar-refractivity contribution in [3.63, 3.8) is 0 Å². The summed E-state index contributed by atoms with van der Waals surface area (Å²) >= 11 is 14.5. The maximum absolute atomic E-state index is 10.1. The van der Waals surface area contributed by atoms with Crippen LogP contribution in [0, 0.1) is 0 Å². The molecule has 0 heterocycles. The van der Waals surface area contributed by atoms with E-state index in [9.17, 15) is 4.79 Å². The number of carboxylic acids is 1. The van der Waals surface area contributed by atoms with Crippen molar-refractivity contribution in [1.82, 2.24) is 0 Å². The topological polar surface area (TPSA) is 37.3 Å². The molecule has 0 bridgehead atoms. The van der Waals surface area contributed by atoms with Crippen LogP contribution in [-0.2, 0) is 4.79 Å². The summed E-state index contributed by atoms with van der Waals surface area (Å²) in [6, 6.07) is 0. The molecule has 5 heteroatoms. The molecule has 0 fully saturated rings. The molecule has 0 rings (SSSR count). The van der Waals surface area contributed by atoms with E-state index in [1.807, 2.05) is 0 Å². The molecule has 0 aromatic rings. The van der Waals surface area contributed by atoms with Gasteiger partial charge in [-0.05, 0) is 0 Å². The fourth-order valence-corrected chi connectivity index (χ4v) is 0.883. The Balaban J connectivity index is 3.85. The molecule has 0 aliphatic heterocycles. The first-order valence-electron chi connectivity index (χ1n) is 2.43. The van der Waals surface area contributed by atoms with Gasteiger partial charge in [0.1, 0.15) is 0 Å². The average Bonchev–Trinajstić information content (AvgIpc) is 1.85. The van der Waals surface area contributed by atoms with E-state index in [1.165, 1.54) is 0 Å². The smallest absolute Gasteiger partial charge is 0.304 e. The second-order valence-corrected chi connectivity index (χ2v) is 2.89. The number of carboxylic acid groups (broad SMARTS) is 1. The molecule has 0 aliphatic carbocycles. The monoisotopic (exact) mass is 200 g/mol. The lowest BCUT2D eigenvalue weighted by molar-refractivity contribution is -0.136. The Morgan fingerprint density at radius 3 is 2.60 bits per heavy atom. The highest BCUT2D eigenvalue weighted by Crippen LogP contribution is 2.17. The lowest BCUT2D eigenvalue weighted by atomic mass is 10.3. The number of rotatable bonds is 3. The zero-order valence-electron chi connectivity index (χ0n) is 4.92. The molecule has 1 N–H and O–H groups in total. The van der Waals surface area contributed by atoms with Crippen molar-refractivity contribution in [3.05, 3.63) is 10.6 Å². The highest BCUT2D eigenvalue weighted by Gasteiger charge is 2.10. The van der Waals surface area contributed by atoms with Crippen LogP contribution in [0.25, 0.3) is 0 Å². The Bertz CT molecular complexity index is 158. The summed E-state index contributed by atoms with van der Waals surface area (Å²) < 4.78 is 0. The minimum atomic E-state index is -0.948. The average molecular weight is 201 g/mol. The molecule has 0 spiro atoms. The molecule has 0 saturated heterocycles. The number of hydrogen-bond donors (Lipinski definition) is 2. The quantitative estimate of drug-likeness (QED) is 0.686.